The van der Waals surface area contributed by atoms with E-state index in [1.165, 1.54) is 179 Å². The first-order valence-electron chi connectivity index (χ1n) is 29.3. The Labute approximate surface area is 447 Å². The van der Waals surface area contributed by atoms with Gasteiger partial charge in [-0.2, -0.15) is 0 Å². The molecule has 0 atom stereocenters. The van der Waals surface area contributed by atoms with Crippen LogP contribution in [0, 0.1) is 17.8 Å². The first-order chi connectivity index (χ1) is 36.8. The van der Waals surface area contributed by atoms with Crippen molar-refractivity contribution in [3.05, 3.63) is 226 Å². The van der Waals surface area contributed by atoms with E-state index >= 15 is 0 Å². The summed E-state index contributed by atoms with van der Waals surface area (Å²) in [5.74, 6) is 3.45. The van der Waals surface area contributed by atoms with Gasteiger partial charge in [-0.1, -0.05) is 167 Å². The molecule has 10 aliphatic carbocycles. The highest BCUT2D eigenvalue weighted by Gasteiger charge is 2.51. The topological polar surface area (TPSA) is 6.48 Å². The summed E-state index contributed by atoms with van der Waals surface area (Å²) in [5, 5.41) is 0. The number of hydrogen-bond donors (Lipinski definition) is 0. The van der Waals surface area contributed by atoms with Crippen LogP contribution in [0.1, 0.15) is 148 Å². The van der Waals surface area contributed by atoms with Gasteiger partial charge in [0, 0.05) is 39.5 Å². The maximum atomic E-state index is 2.65. The van der Waals surface area contributed by atoms with E-state index < -0.39 is 0 Å². The Bertz CT molecular complexity index is 3320. The average Bonchev–Trinajstić information content (AvgIpc) is 3.68. The fourth-order valence-electron chi connectivity index (χ4n) is 16.2. The van der Waals surface area contributed by atoms with Gasteiger partial charge in [-0.25, -0.2) is 0 Å². The molecule has 0 heterocycles. The van der Waals surface area contributed by atoms with E-state index in [1.807, 2.05) is 0 Å². The second-order valence-electron chi connectivity index (χ2n) is 24.8. The fraction of sp³-hybridized carbons (Fsp3) is 0.342. The van der Waals surface area contributed by atoms with Crippen LogP contribution < -0.4 is 9.80 Å². The zero-order valence-electron chi connectivity index (χ0n) is 44.5. The van der Waals surface area contributed by atoms with E-state index in [0.29, 0.717) is 11.3 Å². The van der Waals surface area contributed by atoms with Gasteiger partial charge in [0.25, 0.3) is 0 Å². The fourth-order valence-corrected chi connectivity index (χ4v) is 16.2. The van der Waals surface area contributed by atoms with Gasteiger partial charge in [0.15, 0.2) is 0 Å². The van der Waals surface area contributed by atoms with E-state index in [9.17, 15) is 0 Å². The normalized spacial score (nSPS) is 22.4. The molecule has 0 aromatic heterocycles. The molecule has 8 bridgehead atoms. The molecule has 0 spiro atoms. The number of anilines is 6. The van der Waals surface area contributed by atoms with Crippen molar-refractivity contribution in [1.29, 1.82) is 0 Å². The number of fused-ring (bicyclic) bond motifs is 3. The first kappa shape index (κ1) is 46.9. The minimum absolute atomic E-state index is 0.158. The van der Waals surface area contributed by atoms with Gasteiger partial charge < -0.3 is 9.80 Å². The Morgan fingerprint density at radius 2 is 0.933 bits per heavy atom. The van der Waals surface area contributed by atoms with E-state index in [1.54, 1.807) is 5.56 Å². The van der Waals surface area contributed by atoms with Crippen LogP contribution >= 0.6 is 0 Å². The summed E-state index contributed by atoms with van der Waals surface area (Å²) in [6.07, 6.45) is 21.8. The lowest BCUT2D eigenvalue weighted by Crippen LogP contribution is -2.48. The summed E-state index contributed by atoms with van der Waals surface area (Å²) in [7, 11) is 0. The van der Waals surface area contributed by atoms with Gasteiger partial charge in [0.2, 0.25) is 0 Å². The minimum Gasteiger partial charge on any atom is -0.310 e. The van der Waals surface area contributed by atoms with Crippen molar-refractivity contribution in [3.63, 3.8) is 0 Å². The second kappa shape index (κ2) is 19.2. The zero-order chi connectivity index (χ0) is 50.1. The molecule has 0 N–H and O–H groups in total. The Morgan fingerprint density at radius 3 is 1.55 bits per heavy atom. The van der Waals surface area contributed by atoms with Crippen LogP contribution in [0.5, 0.6) is 0 Å². The average molecular weight is 979 g/mol. The Hall–Kier alpha value is -6.64. The SMILES string of the molecule is CC1(C)c2ccccc2-c2c(-c3ccccc3)cc(N(c3ccc(C4CCCCCCC4)cc3)c3cc4ccc3CCc3ccc(c(N(c5ccccc5)c5ccc(C67CC8CC(CC(C8)C6)C7)cc5)c3)CC4)cc21. The zero-order valence-corrected chi connectivity index (χ0v) is 44.5. The number of hydrogen-bond acceptors (Lipinski definition) is 2. The number of para-hydroxylation sites is 1. The molecule has 0 radical (unpaired) electrons. The van der Waals surface area contributed by atoms with Crippen molar-refractivity contribution in [2.24, 2.45) is 17.8 Å². The molecule has 10 aliphatic rings. The van der Waals surface area contributed by atoms with Crippen LogP contribution in [0.4, 0.5) is 34.1 Å². The molecule has 2 nitrogen and oxygen atoms in total. The van der Waals surface area contributed by atoms with Gasteiger partial charge in [-0.3, -0.25) is 0 Å². The maximum Gasteiger partial charge on any atom is 0.0496 e. The van der Waals surface area contributed by atoms with Gasteiger partial charge in [-0.05, 0) is 234 Å². The van der Waals surface area contributed by atoms with Crippen molar-refractivity contribution in [1.82, 2.24) is 0 Å². The summed E-state index contributed by atoms with van der Waals surface area (Å²) >= 11 is 0. The van der Waals surface area contributed by atoms with Crippen LogP contribution in [0.15, 0.2) is 182 Å². The third-order valence-electron chi connectivity index (χ3n) is 19.7. The monoisotopic (exact) mass is 979 g/mol. The highest BCUT2D eigenvalue weighted by Crippen LogP contribution is 2.61. The lowest BCUT2D eigenvalue weighted by atomic mass is 9.48. The van der Waals surface area contributed by atoms with Crippen molar-refractivity contribution in [3.8, 4) is 22.3 Å². The van der Waals surface area contributed by atoms with E-state index in [2.05, 4.69) is 206 Å². The van der Waals surface area contributed by atoms with E-state index in [0.717, 1.165) is 43.4 Å². The maximum absolute atomic E-state index is 2.65. The number of nitrogens with zero attached hydrogens (tertiary/aromatic N) is 2. The van der Waals surface area contributed by atoms with Crippen molar-refractivity contribution in [2.45, 2.75) is 140 Å². The lowest BCUT2D eigenvalue weighted by Gasteiger charge is -2.57. The minimum atomic E-state index is -0.158. The molecule has 2 heteroatoms. The Balaban J connectivity index is 0.862. The molecule has 0 saturated heterocycles. The molecule has 5 fully saturated rings. The summed E-state index contributed by atoms with van der Waals surface area (Å²) in [6.45, 7) is 4.87. The third-order valence-corrected chi connectivity index (χ3v) is 19.7. The summed E-state index contributed by atoms with van der Waals surface area (Å²) in [4.78, 5) is 5.22. The molecule has 376 valence electrons. The van der Waals surface area contributed by atoms with Gasteiger partial charge in [0.1, 0.15) is 0 Å². The summed E-state index contributed by atoms with van der Waals surface area (Å²) in [6, 6.07) is 71.4. The van der Waals surface area contributed by atoms with Crippen molar-refractivity contribution >= 4 is 34.1 Å². The third kappa shape index (κ3) is 8.56. The van der Waals surface area contributed by atoms with E-state index in [-0.39, 0.29) is 5.41 Å². The van der Waals surface area contributed by atoms with Gasteiger partial charge >= 0.3 is 0 Å². The molecular formula is C73H74N2. The second-order valence-corrected chi connectivity index (χ2v) is 24.8. The molecular weight excluding hydrogens is 905 g/mol. The molecule has 75 heavy (non-hydrogen) atoms. The molecule has 0 aliphatic heterocycles. The summed E-state index contributed by atoms with van der Waals surface area (Å²) < 4.78 is 0. The molecule has 8 aromatic rings. The van der Waals surface area contributed by atoms with Crippen molar-refractivity contribution in [2.75, 3.05) is 9.80 Å². The molecule has 0 amide bonds. The van der Waals surface area contributed by atoms with Crippen LogP contribution in [0.2, 0.25) is 0 Å². The number of aryl methyl sites for hydroxylation is 4. The lowest BCUT2D eigenvalue weighted by molar-refractivity contribution is -0.00518. The predicted octanol–water partition coefficient (Wildman–Crippen LogP) is 19.8. The number of benzene rings is 8. The van der Waals surface area contributed by atoms with Crippen LogP contribution in [0.25, 0.3) is 22.3 Å². The van der Waals surface area contributed by atoms with Crippen LogP contribution in [-0.2, 0) is 36.5 Å². The molecule has 5 saturated carbocycles. The smallest absolute Gasteiger partial charge is 0.0496 e. The number of rotatable bonds is 9. The molecule has 18 rings (SSSR count). The van der Waals surface area contributed by atoms with Gasteiger partial charge in [-0.15, -0.1) is 0 Å². The molecule has 8 aromatic carbocycles. The van der Waals surface area contributed by atoms with Crippen molar-refractivity contribution < 1.29 is 0 Å². The standard InChI is InChI=1S/C73H74N2/c1-72(2)67-23-15-14-22-65(67)71-66(57-18-10-6-11-19-57)45-64(46-68(71)72)75(62-36-32-56(33-37-62)55-16-8-4-3-5-9-17-55)70-44-51-25-29-58-28-24-50(26-30-59(70)31-27-51)43-69(58)74(61-20-12-7-13-21-61)63-38-34-60(35-39-63)73-47-52-40-53(48-73)42-54(41-52)49-73/h6-7,10-15,18-24,27-28,31-39,43-46,52-55H,3-5,8-9,16-17,25-26,29-30,40-42,47-49H2,1-2H3. The predicted molar refractivity (Wildman–Crippen MR) is 315 cm³/mol. The van der Waals surface area contributed by atoms with Crippen LogP contribution in [0.3, 0.4) is 0 Å². The van der Waals surface area contributed by atoms with Crippen LogP contribution in [-0.4, -0.2) is 0 Å². The molecule has 0 unspecified atom stereocenters. The van der Waals surface area contributed by atoms with Gasteiger partial charge in [0.05, 0.1) is 0 Å². The summed E-state index contributed by atoms with van der Waals surface area (Å²) in [5.41, 5.74) is 24.6. The Morgan fingerprint density at radius 1 is 0.413 bits per heavy atom. The largest absolute Gasteiger partial charge is 0.310 e. The quantitative estimate of drug-likeness (QED) is 0.142. The highest BCUT2D eigenvalue weighted by molar-refractivity contribution is 5.96. The first-order valence-corrected chi connectivity index (χ1v) is 29.3. The highest BCUT2D eigenvalue weighted by atomic mass is 15.2. The Kier molecular flexibility index (Phi) is 12.0. The van der Waals surface area contributed by atoms with E-state index in [4.69, 9.17) is 0 Å².